The maximum atomic E-state index is 12.7. The molecule has 2 aromatic rings. The highest BCUT2D eigenvalue weighted by atomic mass is 19.4. The van der Waals surface area contributed by atoms with E-state index in [1.807, 2.05) is 0 Å². The molecule has 10 heteroatoms. The maximum absolute atomic E-state index is 12.7. The fraction of sp³-hybridized carbons (Fsp3) is 0.500. The number of carbonyl (C=O) groups excluding carboxylic acids is 1. The smallest absolute Gasteiger partial charge is 0.363 e. The van der Waals surface area contributed by atoms with E-state index >= 15 is 0 Å². The van der Waals surface area contributed by atoms with E-state index in [1.165, 1.54) is 21.8 Å². The van der Waals surface area contributed by atoms with E-state index in [2.05, 4.69) is 20.0 Å². The molecule has 0 spiro atoms. The molecular formula is C14H16F3N5O2. The van der Waals surface area contributed by atoms with Crippen molar-refractivity contribution in [2.45, 2.75) is 25.6 Å². The number of aryl methyl sites for hydroxylation is 1. The Kier molecular flexibility index (Phi) is 4.20. The van der Waals surface area contributed by atoms with Crippen molar-refractivity contribution in [3.05, 3.63) is 30.0 Å². The van der Waals surface area contributed by atoms with Gasteiger partial charge in [-0.3, -0.25) is 5.32 Å². The monoisotopic (exact) mass is 343 g/mol. The molecule has 7 nitrogen and oxygen atoms in total. The second kappa shape index (κ2) is 6.17. The number of alkyl halides is 3. The topological polar surface area (TPSA) is 76.2 Å². The molecule has 24 heavy (non-hydrogen) atoms. The van der Waals surface area contributed by atoms with Gasteiger partial charge in [-0.15, -0.1) is 0 Å². The first-order valence-electron chi connectivity index (χ1n) is 7.38. The van der Waals surface area contributed by atoms with E-state index in [9.17, 15) is 18.0 Å². The number of hydrogen-bond acceptors (Lipinski definition) is 4. The number of urea groups is 1. The zero-order valence-corrected chi connectivity index (χ0v) is 12.9. The van der Waals surface area contributed by atoms with Crippen LogP contribution in [0.1, 0.15) is 17.9 Å². The van der Waals surface area contributed by atoms with Gasteiger partial charge in [-0.1, -0.05) is 5.16 Å². The quantitative estimate of drug-likeness (QED) is 0.929. The Balaban J connectivity index is 1.59. The van der Waals surface area contributed by atoms with Gasteiger partial charge in [-0.2, -0.15) is 13.2 Å². The summed E-state index contributed by atoms with van der Waals surface area (Å²) in [7, 11) is 1.62. The zero-order chi connectivity index (χ0) is 17.3. The van der Waals surface area contributed by atoms with E-state index in [1.54, 1.807) is 7.05 Å². The lowest BCUT2D eigenvalue weighted by Gasteiger charge is -2.28. The van der Waals surface area contributed by atoms with Gasteiger partial charge < -0.3 is 14.0 Å². The number of amides is 2. The highest BCUT2D eigenvalue weighted by molar-refractivity contribution is 5.87. The van der Waals surface area contributed by atoms with Gasteiger partial charge in [0, 0.05) is 38.8 Å². The summed E-state index contributed by atoms with van der Waals surface area (Å²) in [6, 6.07) is 1.17. The largest absolute Gasteiger partial charge is 0.434 e. The molecule has 0 bridgehead atoms. The van der Waals surface area contributed by atoms with Gasteiger partial charge in [0.25, 0.3) is 0 Å². The summed E-state index contributed by atoms with van der Waals surface area (Å²) in [5.41, 5.74) is -0.865. The first kappa shape index (κ1) is 16.3. The average molecular weight is 343 g/mol. The Labute approximate surface area is 135 Å². The number of carbonyl (C=O) groups is 1. The summed E-state index contributed by atoms with van der Waals surface area (Å²) in [6.07, 6.45) is -0.921. The van der Waals surface area contributed by atoms with Gasteiger partial charge in [0.2, 0.25) is 0 Å². The summed E-state index contributed by atoms with van der Waals surface area (Å²) in [5, 5.41) is 6.16. The lowest BCUT2D eigenvalue weighted by atomic mass is 9.99. The minimum atomic E-state index is -4.44. The fourth-order valence-electron chi connectivity index (χ4n) is 2.75. The van der Waals surface area contributed by atoms with E-state index in [4.69, 9.17) is 0 Å². The minimum Gasteiger partial charge on any atom is -0.363 e. The molecule has 0 saturated heterocycles. The summed E-state index contributed by atoms with van der Waals surface area (Å²) in [4.78, 5) is 17.2. The zero-order valence-electron chi connectivity index (χ0n) is 12.9. The number of nitrogens with zero attached hydrogens (tertiary/aromatic N) is 4. The highest BCUT2D eigenvalue weighted by Gasteiger charge is 2.36. The Hall–Kier alpha value is -2.52. The van der Waals surface area contributed by atoms with Crippen LogP contribution in [0.4, 0.5) is 23.8 Å². The second-order valence-electron chi connectivity index (χ2n) is 5.79. The van der Waals surface area contributed by atoms with Gasteiger partial charge >= 0.3 is 12.2 Å². The van der Waals surface area contributed by atoms with Crippen LogP contribution in [0.15, 0.2) is 23.0 Å². The van der Waals surface area contributed by atoms with E-state index in [0.29, 0.717) is 37.6 Å². The molecule has 2 amide bonds. The predicted octanol–water partition coefficient (Wildman–Crippen LogP) is 2.62. The highest BCUT2D eigenvalue weighted by Crippen LogP contribution is 2.30. The molecule has 0 radical (unpaired) electrons. The summed E-state index contributed by atoms with van der Waals surface area (Å²) >= 11 is 0. The number of aromatic nitrogens is 3. The Morgan fingerprint density at radius 3 is 3.00 bits per heavy atom. The number of anilines is 1. The molecule has 2 aromatic heterocycles. The van der Waals surface area contributed by atoms with Crippen molar-refractivity contribution in [2.75, 3.05) is 18.9 Å². The normalized spacial score (nSPS) is 17.4. The summed E-state index contributed by atoms with van der Waals surface area (Å²) < 4.78 is 44.3. The molecule has 3 heterocycles. The van der Waals surface area contributed by atoms with Crippen molar-refractivity contribution in [3.8, 4) is 0 Å². The van der Waals surface area contributed by atoms with E-state index in [0.717, 1.165) is 6.20 Å². The molecule has 1 atom stereocenters. The molecule has 1 aliphatic rings. The predicted molar refractivity (Wildman–Crippen MR) is 77.2 cm³/mol. The van der Waals surface area contributed by atoms with Crippen LogP contribution in [0.25, 0.3) is 0 Å². The first-order valence-corrected chi connectivity index (χ1v) is 7.38. The number of halogens is 3. The molecule has 0 fully saturated rings. The van der Waals surface area contributed by atoms with Crippen LogP contribution in [-0.2, 0) is 19.1 Å². The average Bonchev–Trinajstić information content (AvgIpc) is 3.15. The third-order valence-corrected chi connectivity index (χ3v) is 3.93. The van der Waals surface area contributed by atoms with Crippen LogP contribution in [0, 0.1) is 5.92 Å². The van der Waals surface area contributed by atoms with Crippen molar-refractivity contribution in [1.82, 2.24) is 19.6 Å². The summed E-state index contributed by atoms with van der Waals surface area (Å²) in [6.45, 7) is 0.822. The molecule has 1 N–H and O–H groups in total. The van der Waals surface area contributed by atoms with Crippen molar-refractivity contribution in [3.63, 3.8) is 0 Å². The molecule has 130 valence electrons. The SMILES string of the molecule is CN(C[C@H]1CCc2nc(C(F)(F)F)cn2C1)C(=O)Nc1ccon1. The van der Waals surface area contributed by atoms with Gasteiger partial charge in [0.15, 0.2) is 11.5 Å². The van der Waals surface area contributed by atoms with Crippen LogP contribution >= 0.6 is 0 Å². The third kappa shape index (κ3) is 3.52. The van der Waals surface area contributed by atoms with Crippen LogP contribution in [0.3, 0.4) is 0 Å². The molecule has 1 aliphatic heterocycles. The standard InChI is InChI=1S/C14H16F3N5O2/c1-21(13(23)19-11-4-5-24-20-11)6-9-2-3-12-18-10(14(15,16)17)8-22(12)7-9/h4-5,8-9H,2-3,6-7H2,1H3,(H,19,20,23)/t9-/m1/s1. The lowest BCUT2D eigenvalue weighted by molar-refractivity contribution is -0.141. The Bertz CT molecular complexity index is 711. The van der Waals surface area contributed by atoms with E-state index in [-0.39, 0.29) is 11.9 Å². The van der Waals surface area contributed by atoms with Crippen molar-refractivity contribution < 1.29 is 22.5 Å². The molecule has 0 saturated carbocycles. The van der Waals surface area contributed by atoms with Crippen molar-refractivity contribution in [2.24, 2.45) is 5.92 Å². The number of nitrogens with one attached hydrogen (secondary N) is 1. The summed E-state index contributed by atoms with van der Waals surface area (Å²) in [5.74, 6) is 0.802. The minimum absolute atomic E-state index is 0.0563. The molecular weight excluding hydrogens is 327 g/mol. The molecule has 0 unspecified atom stereocenters. The number of hydrogen-bond donors (Lipinski definition) is 1. The van der Waals surface area contributed by atoms with Gasteiger partial charge in [0.05, 0.1) is 0 Å². The van der Waals surface area contributed by atoms with Gasteiger partial charge in [0.1, 0.15) is 12.1 Å². The van der Waals surface area contributed by atoms with Gasteiger partial charge in [-0.25, -0.2) is 9.78 Å². The molecule has 0 aliphatic carbocycles. The molecule has 0 aromatic carbocycles. The number of fused-ring (bicyclic) bond motifs is 1. The number of imidazole rings is 1. The third-order valence-electron chi connectivity index (χ3n) is 3.93. The fourth-order valence-corrected chi connectivity index (χ4v) is 2.75. The lowest BCUT2D eigenvalue weighted by Crippen LogP contribution is -2.37. The van der Waals surface area contributed by atoms with E-state index < -0.39 is 11.9 Å². The van der Waals surface area contributed by atoms with Crippen LogP contribution in [0.5, 0.6) is 0 Å². The number of rotatable bonds is 3. The van der Waals surface area contributed by atoms with Crippen molar-refractivity contribution >= 4 is 11.8 Å². The second-order valence-corrected chi connectivity index (χ2v) is 5.79. The maximum Gasteiger partial charge on any atom is 0.434 e. The van der Waals surface area contributed by atoms with Gasteiger partial charge in [-0.05, 0) is 12.3 Å². The van der Waals surface area contributed by atoms with Crippen molar-refractivity contribution in [1.29, 1.82) is 0 Å². The van der Waals surface area contributed by atoms with Crippen LogP contribution < -0.4 is 5.32 Å². The van der Waals surface area contributed by atoms with Crippen LogP contribution in [-0.4, -0.2) is 39.2 Å². The molecule has 3 rings (SSSR count). The Morgan fingerprint density at radius 1 is 1.54 bits per heavy atom. The Morgan fingerprint density at radius 2 is 2.33 bits per heavy atom. The van der Waals surface area contributed by atoms with Crippen LogP contribution in [0.2, 0.25) is 0 Å². The first-order chi connectivity index (χ1) is 11.3.